The molecule has 1 aromatic rings. The topological polar surface area (TPSA) is 9.23 Å². The monoisotopic (exact) mass is 152 g/mol. The largest absolute Gasteiger partial charge is 0.496 e. The van der Waals surface area contributed by atoms with E-state index >= 15 is 0 Å². The molecule has 0 aromatic heterocycles. The van der Waals surface area contributed by atoms with Crippen molar-refractivity contribution in [3.05, 3.63) is 23.8 Å². The molecule has 1 nitrogen and oxygen atoms in total. The van der Waals surface area contributed by atoms with Crippen LogP contribution in [0.25, 0.3) is 0 Å². The molecular weight excluding hydrogens is 140 g/mol. The number of hydrogen-bond donors (Lipinski definition) is 0. The Hall–Kier alpha value is -0.763. The van der Waals surface area contributed by atoms with Crippen molar-refractivity contribution in [1.29, 1.82) is 0 Å². The van der Waals surface area contributed by atoms with Crippen LogP contribution in [0.2, 0.25) is 0 Å². The molecule has 0 spiro atoms. The van der Waals surface area contributed by atoms with Gasteiger partial charge in [0.25, 0.3) is 0 Å². The van der Waals surface area contributed by atoms with Gasteiger partial charge < -0.3 is 4.74 Å². The van der Waals surface area contributed by atoms with Crippen LogP contribution < -0.4 is 9.92 Å². The number of methoxy groups -OCH3 is 1. The van der Waals surface area contributed by atoms with Crippen molar-refractivity contribution in [3.63, 3.8) is 0 Å². The molecule has 0 radical (unpaired) electrons. The summed E-state index contributed by atoms with van der Waals surface area (Å²) in [5.41, 5.74) is 1.29. The molecule has 0 aliphatic heterocycles. The second kappa shape index (κ2) is 2.88. The van der Waals surface area contributed by atoms with E-state index in [4.69, 9.17) is 4.74 Å². The van der Waals surface area contributed by atoms with Crippen LogP contribution in [0, 0.1) is 6.92 Å². The zero-order valence-electron chi connectivity index (χ0n) is 6.64. The summed E-state index contributed by atoms with van der Waals surface area (Å²) in [6, 6.07) is 6.18. The molecule has 54 valence electrons. The van der Waals surface area contributed by atoms with E-state index in [1.165, 1.54) is 10.8 Å². The molecule has 0 saturated carbocycles. The molecule has 0 atom stereocenters. The van der Waals surface area contributed by atoms with Crippen LogP contribution >= 0.6 is 0 Å². The van der Waals surface area contributed by atoms with Crippen LogP contribution in [0.15, 0.2) is 18.2 Å². The molecule has 10 heavy (non-hydrogen) atoms. The quantitative estimate of drug-likeness (QED) is 0.515. The molecule has 0 aliphatic carbocycles. The van der Waals surface area contributed by atoms with Gasteiger partial charge in [-0.2, -0.15) is 0 Å². The van der Waals surface area contributed by atoms with E-state index in [-0.39, 0.29) is 0 Å². The van der Waals surface area contributed by atoms with Crippen LogP contribution in [0.3, 0.4) is 0 Å². The third kappa shape index (κ3) is 1.21. The average molecular weight is 152 g/mol. The van der Waals surface area contributed by atoms with Gasteiger partial charge in [0, 0.05) is 10.2 Å². The van der Waals surface area contributed by atoms with Crippen LogP contribution in [0.4, 0.5) is 0 Å². The van der Waals surface area contributed by atoms with E-state index in [0.717, 1.165) is 16.0 Å². The summed E-state index contributed by atoms with van der Waals surface area (Å²) in [6.45, 7) is 2.10. The smallest absolute Gasteiger partial charge is 0.121 e. The summed E-state index contributed by atoms with van der Waals surface area (Å²) in [4.78, 5) is 0. The van der Waals surface area contributed by atoms with Crippen molar-refractivity contribution in [2.45, 2.75) is 6.92 Å². The molecule has 0 N–H and O–H groups in total. The van der Waals surface area contributed by atoms with E-state index in [1.807, 2.05) is 12.1 Å². The van der Waals surface area contributed by atoms with Crippen molar-refractivity contribution in [2.75, 3.05) is 7.11 Å². The Morgan fingerprint density at radius 1 is 1.40 bits per heavy atom. The highest BCUT2D eigenvalue weighted by atomic mass is 28.1. The summed E-state index contributed by atoms with van der Waals surface area (Å²) in [5.74, 6) is 1.01. The third-order valence-corrected chi connectivity index (χ3v) is 2.86. The van der Waals surface area contributed by atoms with Gasteiger partial charge in [0.2, 0.25) is 0 Å². The van der Waals surface area contributed by atoms with Crippen molar-refractivity contribution < 1.29 is 4.74 Å². The lowest BCUT2D eigenvalue weighted by Gasteiger charge is -2.05. The lowest BCUT2D eigenvalue weighted by molar-refractivity contribution is 0.412. The molecule has 0 saturated heterocycles. The fourth-order valence-corrected chi connectivity index (χ4v) is 1.38. The van der Waals surface area contributed by atoms with E-state index in [1.54, 1.807) is 7.11 Å². The number of ether oxygens (including phenoxy) is 1. The highest BCUT2D eigenvalue weighted by molar-refractivity contribution is 6.33. The maximum absolute atomic E-state index is 5.15. The van der Waals surface area contributed by atoms with Crippen LogP contribution in [0.1, 0.15) is 5.56 Å². The van der Waals surface area contributed by atoms with E-state index in [0.29, 0.717) is 0 Å². The zero-order valence-corrected chi connectivity index (χ0v) is 8.64. The lowest BCUT2D eigenvalue weighted by atomic mass is 10.2. The van der Waals surface area contributed by atoms with Gasteiger partial charge in [-0.3, -0.25) is 0 Å². The fourth-order valence-electron chi connectivity index (χ4n) is 0.945. The summed E-state index contributed by atoms with van der Waals surface area (Å²) in [5, 5.41) is 1.42. The van der Waals surface area contributed by atoms with Gasteiger partial charge in [0.15, 0.2) is 0 Å². The average Bonchev–Trinajstić information content (AvgIpc) is 1.95. The van der Waals surface area contributed by atoms with Crippen LogP contribution in [0.5, 0.6) is 5.75 Å². The van der Waals surface area contributed by atoms with Crippen molar-refractivity contribution in [3.8, 4) is 5.75 Å². The standard InChI is InChI=1S/C8H12OSi/c1-6-7(9-2)4-3-5-8(6)10/h3-5H,1-2,10H3. The molecule has 0 aliphatic rings. The summed E-state index contributed by atoms with van der Waals surface area (Å²) in [7, 11) is 2.81. The number of rotatable bonds is 1. The number of hydrogen-bond acceptors (Lipinski definition) is 1. The first kappa shape index (κ1) is 7.35. The fraction of sp³-hybridized carbons (Fsp3) is 0.250. The van der Waals surface area contributed by atoms with Gasteiger partial charge in [-0.1, -0.05) is 17.3 Å². The minimum atomic E-state index is 1.01. The molecular formula is C8H12OSi. The Labute approximate surface area is 64.4 Å². The Balaban J connectivity index is 3.14. The van der Waals surface area contributed by atoms with Gasteiger partial charge in [-0.15, -0.1) is 0 Å². The zero-order chi connectivity index (χ0) is 7.56. The maximum Gasteiger partial charge on any atom is 0.121 e. The predicted molar refractivity (Wildman–Crippen MR) is 47.3 cm³/mol. The molecule has 1 aromatic carbocycles. The Morgan fingerprint density at radius 2 is 2.10 bits per heavy atom. The van der Waals surface area contributed by atoms with E-state index in [2.05, 4.69) is 13.0 Å². The predicted octanol–water partition coefficient (Wildman–Crippen LogP) is -0.00568. The molecule has 0 heterocycles. The van der Waals surface area contributed by atoms with Gasteiger partial charge in [-0.05, 0) is 18.6 Å². The van der Waals surface area contributed by atoms with Crippen LogP contribution in [-0.4, -0.2) is 17.4 Å². The molecule has 0 unspecified atom stereocenters. The second-order valence-electron chi connectivity index (χ2n) is 2.40. The first-order valence-corrected chi connectivity index (χ1v) is 4.36. The third-order valence-electron chi connectivity index (χ3n) is 1.77. The minimum absolute atomic E-state index is 1.01. The second-order valence-corrected chi connectivity index (χ2v) is 3.48. The van der Waals surface area contributed by atoms with E-state index in [9.17, 15) is 0 Å². The molecule has 0 fully saturated rings. The molecule has 2 heteroatoms. The summed E-state index contributed by atoms with van der Waals surface area (Å²) >= 11 is 0. The SMILES string of the molecule is COc1cccc([SiH3])c1C. The van der Waals surface area contributed by atoms with E-state index < -0.39 is 0 Å². The molecule has 0 amide bonds. The lowest BCUT2D eigenvalue weighted by Crippen LogP contribution is -2.07. The first-order chi connectivity index (χ1) is 4.75. The Kier molecular flexibility index (Phi) is 2.12. The van der Waals surface area contributed by atoms with Gasteiger partial charge in [-0.25, -0.2) is 0 Å². The highest BCUT2D eigenvalue weighted by Gasteiger charge is 1.97. The first-order valence-electron chi connectivity index (χ1n) is 3.36. The van der Waals surface area contributed by atoms with Crippen LogP contribution in [-0.2, 0) is 0 Å². The summed E-state index contributed by atoms with van der Waals surface area (Å²) in [6.07, 6.45) is 0. The Morgan fingerprint density at radius 3 is 2.60 bits per heavy atom. The summed E-state index contributed by atoms with van der Waals surface area (Å²) < 4.78 is 5.15. The highest BCUT2D eigenvalue weighted by Crippen LogP contribution is 2.12. The van der Waals surface area contributed by atoms with Gasteiger partial charge >= 0.3 is 0 Å². The van der Waals surface area contributed by atoms with Gasteiger partial charge in [0.05, 0.1) is 7.11 Å². The Bertz CT molecular complexity index is 233. The van der Waals surface area contributed by atoms with Gasteiger partial charge in [0.1, 0.15) is 5.75 Å². The molecule has 0 bridgehead atoms. The molecule has 1 rings (SSSR count). The number of benzene rings is 1. The van der Waals surface area contributed by atoms with Crippen molar-refractivity contribution >= 4 is 15.4 Å². The van der Waals surface area contributed by atoms with Crippen molar-refractivity contribution in [1.82, 2.24) is 0 Å². The maximum atomic E-state index is 5.15. The van der Waals surface area contributed by atoms with Crippen molar-refractivity contribution in [2.24, 2.45) is 0 Å². The normalized spacial score (nSPS) is 9.80. The minimum Gasteiger partial charge on any atom is -0.496 e.